The predicted octanol–water partition coefficient (Wildman–Crippen LogP) is 3.92. The molecule has 3 amide bonds. The Morgan fingerprint density at radius 1 is 0.872 bits per heavy atom. The Bertz CT molecular complexity index is 1370. The molecule has 0 radical (unpaired) electrons. The molecule has 2 aromatic rings. The third-order valence-electron chi connectivity index (χ3n) is 8.32. The Labute approximate surface area is 237 Å². The van der Waals surface area contributed by atoms with Crippen LogP contribution in [0.1, 0.15) is 13.3 Å². The van der Waals surface area contributed by atoms with Crippen molar-refractivity contribution in [2.75, 3.05) is 36.0 Å². The van der Waals surface area contributed by atoms with Gasteiger partial charge < -0.3 is 19.8 Å². The van der Waals surface area contributed by atoms with Crippen LogP contribution in [-0.4, -0.2) is 69.5 Å². The van der Waals surface area contributed by atoms with E-state index >= 15 is 0 Å². The van der Waals surface area contributed by atoms with Crippen molar-refractivity contribution in [2.24, 2.45) is 11.8 Å². The molecule has 0 aromatic heterocycles. The zero-order valence-electron chi connectivity index (χ0n) is 21.6. The molecule has 6 rings (SSSR count). The average Bonchev–Trinajstić information content (AvgIpc) is 3.19. The number of fused-ring (bicyclic) bond motifs is 2. The number of anilines is 2. The van der Waals surface area contributed by atoms with Crippen LogP contribution in [0.5, 0.6) is 0 Å². The number of para-hydroxylation sites is 1. The van der Waals surface area contributed by atoms with Crippen LogP contribution in [0.4, 0.5) is 11.4 Å². The molecule has 1 unspecified atom stereocenters. The maximum atomic E-state index is 14.4. The SMILES string of the molecule is C[C@]12C=CCN(c3ccccc3)C(=O)[C@H]1[C@H]1C(=O)N(CCCO)C3C(=O)N(c4ccc(Cl)cc4)CC=C[C@@]31S2. The van der Waals surface area contributed by atoms with Gasteiger partial charge in [-0.2, -0.15) is 0 Å². The first-order valence-corrected chi connectivity index (χ1v) is 14.4. The molecule has 39 heavy (non-hydrogen) atoms. The number of aliphatic hydroxyl groups is 1. The van der Waals surface area contributed by atoms with Gasteiger partial charge in [0.05, 0.1) is 16.6 Å². The monoisotopic (exact) mass is 563 g/mol. The number of nitrogens with zero attached hydrogens (tertiary/aromatic N) is 3. The van der Waals surface area contributed by atoms with Crippen LogP contribution in [0.25, 0.3) is 0 Å². The summed E-state index contributed by atoms with van der Waals surface area (Å²) >= 11 is 7.66. The van der Waals surface area contributed by atoms with Gasteiger partial charge in [0.15, 0.2) is 0 Å². The topological polar surface area (TPSA) is 81.2 Å². The number of carbonyl (C=O) groups is 3. The number of hydrogen-bond acceptors (Lipinski definition) is 5. The molecule has 7 nitrogen and oxygen atoms in total. The van der Waals surface area contributed by atoms with Crippen LogP contribution >= 0.6 is 23.4 Å². The summed E-state index contributed by atoms with van der Waals surface area (Å²) in [5.74, 6) is -1.89. The zero-order valence-corrected chi connectivity index (χ0v) is 23.1. The zero-order chi connectivity index (χ0) is 27.4. The van der Waals surface area contributed by atoms with Crippen LogP contribution in [0.2, 0.25) is 5.02 Å². The highest BCUT2D eigenvalue weighted by atomic mass is 35.5. The normalized spacial score (nSPS) is 31.7. The maximum Gasteiger partial charge on any atom is 0.251 e. The van der Waals surface area contributed by atoms with E-state index in [4.69, 9.17) is 11.6 Å². The highest BCUT2D eigenvalue weighted by Crippen LogP contribution is 2.65. The molecule has 9 heteroatoms. The molecule has 0 saturated carbocycles. The number of hydrogen-bond donors (Lipinski definition) is 1. The number of likely N-dealkylation sites (tertiary alicyclic amines) is 1. The van der Waals surface area contributed by atoms with E-state index in [1.54, 1.807) is 50.7 Å². The van der Waals surface area contributed by atoms with Crippen molar-refractivity contribution in [3.63, 3.8) is 0 Å². The summed E-state index contributed by atoms with van der Waals surface area (Å²) < 4.78 is -1.60. The molecule has 1 spiro atoms. The molecule has 4 aliphatic heterocycles. The smallest absolute Gasteiger partial charge is 0.251 e. The van der Waals surface area contributed by atoms with Gasteiger partial charge in [0.25, 0.3) is 5.91 Å². The summed E-state index contributed by atoms with van der Waals surface area (Å²) in [5.41, 5.74) is 1.47. The van der Waals surface area contributed by atoms with E-state index < -0.39 is 27.4 Å². The van der Waals surface area contributed by atoms with Gasteiger partial charge in [-0.15, -0.1) is 11.8 Å². The highest BCUT2D eigenvalue weighted by molar-refractivity contribution is 8.02. The minimum atomic E-state index is -0.927. The standard InChI is InChI=1S/C30H30ClN3O4S/c1-29-14-5-16-32(21-8-3-2-4-9-21)26(36)23(29)24-27(37)34(18-7-19-35)25-28(38)33(17-6-15-30(24,25)39-29)22-12-10-20(31)11-13-22/h2-6,8-15,23-25,35H,7,16-19H2,1H3/t23-,24+,25?,29+,30+/m1/s1. The fourth-order valence-electron chi connectivity index (χ4n) is 6.70. The molecule has 4 aliphatic rings. The minimum absolute atomic E-state index is 0.100. The van der Waals surface area contributed by atoms with Crippen molar-refractivity contribution in [1.82, 2.24) is 4.90 Å². The van der Waals surface area contributed by atoms with E-state index in [9.17, 15) is 19.5 Å². The number of thioether (sulfide) groups is 1. The fourth-order valence-corrected chi connectivity index (χ4v) is 8.98. The average molecular weight is 564 g/mol. The molecule has 2 aromatic carbocycles. The number of halogens is 1. The van der Waals surface area contributed by atoms with Gasteiger partial charge >= 0.3 is 0 Å². The van der Waals surface area contributed by atoms with E-state index in [1.807, 2.05) is 55.5 Å². The molecule has 4 heterocycles. The first kappa shape index (κ1) is 26.2. The summed E-state index contributed by atoms with van der Waals surface area (Å²) in [6.07, 6.45) is 8.36. The van der Waals surface area contributed by atoms with Crippen LogP contribution in [0.15, 0.2) is 78.9 Å². The lowest BCUT2D eigenvalue weighted by molar-refractivity contribution is -0.139. The highest BCUT2D eigenvalue weighted by Gasteiger charge is 2.73. The van der Waals surface area contributed by atoms with Crippen molar-refractivity contribution in [3.8, 4) is 0 Å². The molecular weight excluding hydrogens is 534 g/mol. The molecule has 2 saturated heterocycles. The predicted molar refractivity (Wildman–Crippen MR) is 154 cm³/mol. The summed E-state index contributed by atoms with van der Waals surface area (Å²) in [5, 5.41) is 10.2. The largest absolute Gasteiger partial charge is 0.396 e. The Balaban J connectivity index is 1.46. The van der Waals surface area contributed by atoms with Gasteiger partial charge in [0.2, 0.25) is 11.8 Å². The van der Waals surface area contributed by atoms with Crippen molar-refractivity contribution in [3.05, 3.63) is 83.9 Å². The lowest BCUT2D eigenvalue weighted by Crippen LogP contribution is -2.53. The molecule has 0 bridgehead atoms. The second kappa shape index (κ2) is 9.84. The Kier molecular flexibility index (Phi) is 6.60. The van der Waals surface area contributed by atoms with Crippen molar-refractivity contribution in [2.45, 2.75) is 28.9 Å². The van der Waals surface area contributed by atoms with E-state index in [-0.39, 0.29) is 30.9 Å². The third kappa shape index (κ3) is 4.03. The van der Waals surface area contributed by atoms with Crippen molar-refractivity contribution >= 4 is 52.5 Å². The summed E-state index contributed by atoms with van der Waals surface area (Å²) in [6.45, 7) is 2.91. The molecule has 0 aliphatic carbocycles. The molecule has 2 fully saturated rings. The maximum absolute atomic E-state index is 14.4. The molecule has 202 valence electrons. The van der Waals surface area contributed by atoms with Gasteiger partial charge in [-0.05, 0) is 49.7 Å². The van der Waals surface area contributed by atoms with E-state index in [0.717, 1.165) is 5.69 Å². The van der Waals surface area contributed by atoms with Gasteiger partial charge in [-0.1, -0.05) is 54.1 Å². The second-order valence-corrected chi connectivity index (χ2v) is 12.8. The van der Waals surface area contributed by atoms with Gasteiger partial charge in [0.1, 0.15) is 6.04 Å². The number of amides is 3. The summed E-state index contributed by atoms with van der Waals surface area (Å²) in [4.78, 5) is 48.1. The minimum Gasteiger partial charge on any atom is -0.396 e. The number of aliphatic hydroxyl groups excluding tert-OH is 1. The number of carbonyl (C=O) groups excluding carboxylic acids is 3. The van der Waals surface area contributed by atoms with E-state index in [0.29, 0.717) is 30.2 Å². The summed E-state index contributed by atoms with van der Waals surface area (Å²) in [6, 6.07) is 15.8. The van der Waals surface area contributed by atoms with Gasteiger partial charge in [-0.25, -0.2) is 0 Å². The Morgan fingerprint density at radius 3 is 2.21 bits per heavy atom. The molecule has 5 atom stereocenters. The summed E-state index contributed by atoms with van der Waals surface area (Å²) in [7, 11) is 0. The third-order valence-corrected chi connectivity index (χ3v) is 10.4. The van der Waals surface area contributed by atoms with Crippen molar-refractivity contribution < 1.29 is 19.5 Å². The fraction of sp³-hybridized carbons (Fsp3) is 0.367. The Hall–Kier alpha value is -3.07. The number of benzene rings is 2. The Morgan fingerprint density at radius 2 is 1.51 bits per heavy atom. The quantitative estimate of drug-likeness (QED) is 0.558. The first-order chi connectivity index (χ1) is 18.8. The van der Waals surface area contributed by atoms with E-state index in [1.165, 1.54) is 0 Å². The van der Waals surface area contributed by atoms with Crippen molar-refractivity contribution in [1.29, 1.82) is 0 Å². The lowest BCUT2D eigenvalue weighted by Gasteiger charge is -2.36. The molecule has 1 N–H and O–H groups in total. The van der Waals surface area contributed by atoms with E-state index in [2.05, 4.69) is 6.08 Å². The van der Waals surface area contributed by atoms with Crippen LogP contribution in [-0.2, 0) is 14.4 Å². The van der Waals surface area contributed by atoms with Crippen LogP contribution < -0.4 is 9.80 Å². The van der Waals surface area contributed by atoms with Gasteiger partial charge in [0, 0.05) is 47.4 Å². The van der Waals surface area contributed by atoms with Gasteiger partial charge in [-0.3, -0.25) is 14.4 Å². The lowest BCUT2D eigenvalue weighted by atomic mass is 9.74. The number of rotatable bonds is 5. The van der Waals surface area contributed by atoms with Crippen LogP contribution in [0, 0.1) is 11.8 Å². The molecular formula is C30H30ClN3O4S. The van der Waals surface area contributed by atoms with Crippen LogP contribution in [0.3, 0.4) is 0 Å². The second-order valence-electron chi connectivity index (χ2n) is 10.6. The first-order valence-electron chi connectivity index (χ1n) is 13.2.